The number of ether oxygens (including phenoxy) is 1. The highest BCUT2D eigenvalue weighted by atomic mass is 35.5. The Balaban J connectivity index is 1.72. The first-order valence-electron chi connectivity index (χ1n) is 9.23. The third kappa shape index (κ3) is 8.29. The maximum absolute atomic E-state index is 12.8. The summed E-state index contributed by atoms with van der Waals surface area (Å²) >= 11 is 5.82. The van der Waals surface area contributed by atoms with Crippen LogP contribution in [0.2, 0.25) is 5.02 Å². The standard InChI is InChI=1S/C21H20ClF3N2O4/c1-13-4-2-5-15(10-13)26-19(29)12-31-20(30)7-3-6-18(28)27-17-11-14(21(23,24)25)8-9-16(17)22/h2,4-5,8-11H,3,6-7,12H2,1H3,(H,26,29)(H,27,28). The first kappa shape index (κ1) is 24.2. The van der Waals surface area contributed by atoms with Crippen molar-refractivity contribution in [3.8, 4) is 0 Å². The average Bonchev–Trinajstić information content (AvgIpc) is 2.67. The van der Waals surface area contributed by atoms with Crippen molar-refractivity contribution in [2.24, 2.45) is 0 Å². The summed E-state index contributed by atoms with van der Waals surface area (Å²) in [5.74, 6) is -1.79. The summed E-state index contributed by atoms with van der Waals surface area (Å²) < 4.78 is 43.1. The van der Waals surface area contributed by atoms with Gasteiger partial charge in [-0.05, 0) is 49.2 Å². The number of alkyl halides is 3. The van der Waals surface area contributed by atoms with Gasteiger partial charge in [0.05, 0.1) is 16.3 Å². The van der Waals surface area contributed by atoms with Gasteiger partial charge >= 0.3 is 12.1 Å². The second-order valence-electron chi connectivity index (χ2n) is 6.67. The van der Waals surface area contributed by atoms with Crippen molar-refractivity contribution in [3.05, 3.63) is 58.6 Å². The molecule has 2 aromatic rings. The van der Waals surface area contributed by atoms with E-state index in [4.69, 9.17) is 16.3 Å². The fraction of sp³-hybridized carbons (Fsp3) is 0.286. The van der Waals surface area contributed by atoms with Crippen LogP contribution in [-0.2, 0) is 25.3 Å². The van der Waals surface area contributed by atoms with Crippen LogP contribution >= 0.6 is 11.6 Å². The van der Waals surface area contributed by atoms with Crippen LogP contribution in [0.25, 0.3) is 0 Å². The number of hydrogen-bond acceptors (Lipinski definition) is 4. The van der Waals surface area contributed by atoms with Crippen molar-refractivity contribution in [1.29, 1.82) is 0 Å². The second kappa shape index (κ2) is 10.8. The van der Waals surface area contributed by atoms with E-state index in [-0.39, 0.29) is 30.0 Å². The van der Waals surface area contributed by atoms with Crippen LogP contribution in [0.1, 0.15) is 30.4 Å². The third-order valence-corrected chi connectivity index (χ3v) is 4.35. The predicted octanol–water partition coefficient (Wildman–Crippen LogP) is 4.96. The Kier molecular flexibility index (Phi) is 8.44. The topological polar surface area (TPSA) is 84.5 Å². The molecule has 0 saturated heterocycles. The summed E-state index contributed by atoms with van der Waals surface area (Å²) in [4.78, 5) is 35.5. The normalized spacial score (nSPS) is 11.0. The molecule has 0 aliphatic rings. The molecule has 31 heavy (non-hydrogen) atoms. The van der Waals surface area contributed by atoms with Crippen molar-refractivity contribution < 1.29 is 32.3 Å². The van der Waals surface area contributed by atoms with Crippen LogP contribution < -0.4 is 10.6 Å². The lowest BCUT2D eigenvalue weighted by Crippen LogP contribution is -2.21. The molecule has 2 aromatic carbocycles. The minimum Gasteiger partial charge on any atom is -0.456 e. The molecule has 2 rings (SSSR count). The minimum absolute atomic E-state index is 0.0413. The van der Waals surface area contributed by atoms with Gasteiger partial charge < -0.3 is 15.4 Å². The zero-order valence-electron chi connectivity index (χ0n) is 16.5. The first-order valence-corrected chi connectivity index (χ1v) is 9.61. The van der Waals surface area contributed by atoms with E-state index in [1.807, 2.05) is 13.0 Å². The molecule has 0 radical (unpaired) electrons. The smallest absolute Gasteiger partial charge is 0.416 e. The summed E-state index contributed by atoms with van der Waals surface area (Å²) in [5, 5.41) is 4.84. The lowest BCUT2D eigenvalue weighted by atomic mass is 10.2. The Morgan fingerprint density at radius 2 is 1.74 bits per heavy atom. The number of halogens is 4. The Morgan fingerprint density at radius 1 is 1.00 bits per heavy atom. The number of nitrogens with one attached hydrogen (secondary N) is 2. The molecule has 0 saturated carbocycles. The van der Waals surface area contributed by atoms with Crippen LogP contribution in [0.3, 0.4) is 0 Å². The van der Waals surface area contributed by atoms with Gasteiger partial charge in [-0.2, -0.15) is 13.2 Å². The van der Waals surface area contributed by atoms with E-state index in [1.165, 1.54) is 0 Å². The fourth-order valence-corrected chi connectivity index (χ4v) is 2.71. The van der Waals surface area contributed by atoms with E-state index in [2.05, 4.69) is 10.6 Å². The van der Waals surface area contributed by atoms with Gasteiger partial charge in [0.2, 0.25) is 5.91 Å². The molecule has 0 aliphatic heterocycles. The highest BCUT2D eigenvalue weighted by Gasteiger charge is 2.31. The second-order valence-corrected chi connectivity index (χ2v) is 7.08. The van der Waals surface area contributed by atoms with Crippen molar-refractivity contribution >= 4 is 40.8 Å². The molecule has 6 nitrogen and oxygen atoms in total. The van der Waals surface area contributed by atoms with Crippen LogP contribution in [0, 0.1) is 6.92 Å². The highest BCUT2D eigenvalue weighted by molar-refractivity contribution is 6.33. The van der Waals surface area contributed by atoms with Crippen molar-refractivity contribution in [2.45, 2.75) is 32.4 Å². The number of carbonyl (C=O) groups excluding carboxylic acids is 3. The number of hydrogen-bond donors (Lipinski definition) is 2. The molecule has 0 aromatic heterocycles. The molecule has 2 amide bonds. The monoisotopic (exact) mass is 456 g/mol. The largest absolute Gasteiger partial charge is 0.456 e. The quantitative estimate of drug-likeness (QED) is 0.550. The number of carbonyl (C=O) groups is 3. The van der Waals surface area contributed by atoms with Gasteiger partial charge in [-0.3, -0.25) is 14.4 Å². The molecule has 0 bridgehead atoms. The van der Waals surface area contributed by atoms with Crippen LogP contribution in [-0.4, -0.2) is 24.4 Å². The van der Waals surface area contributed by atoms with Gasteiger partial charge in [-0.1, -0.05) is 23.7 Å². The molecule has 0 aliphatic carbocycles. The van der Waals surface area contributed by atoms with Gasteiger partial charge in [0.1, 0.15) is 0 Å². The van der Waals surface area contributed by atoms with Crippen molar-refractivity contribution in [1.82, 2.24) is 0 Å². The Hall–Kier alpha value is -3.07. The SMILES string of the molecule is Cc1cccc(NC(=O)COC(=O)CCCC(=O)Nc2cc(C(F)(F)F)ccc2Cl)c1. The van der Waals surface area contributed by atoms with E-state index >= 15 is 0 Å². The Bertz CT molecular complexity index is 964. The molecule has 166 valence electrons. The van der Waals surface area contributed by atoms with Gasteiger partial charge in [0, 0.05) is 18.5 Å². The molecule has 10 heteroatoms. The summed E-state index contributed by atoms with van der Waals surface area (Å²) in [6, 6.07) is 9.68. The van der Waals surface area contributed by atoms with E-state index < -0.39 is 36.1 Å². The Morgan fingerprint density at radius 3 is 2.42 bits per heavy atom. The fourth-order valence-electron chi connectivity index (χ4n) is 2.54. The van der Waals surface area contributed by atoms with Gasteiger partial charge in [-0.15, -0.1) is 0 Å². The lowest BCUT2D eigenvalue weighted by Gasteiger charge is -2.11. The highest BCUT2D eigenvalue weighted by Crippen LogP contribution is 2.33. The van der Waals surface area contributed by atoms with E-state index in [1.54, 1.807) is 18.2 Å². The third-order valence-electron chi connectivity index (χ3n) is 4.02. The zero-order valence-corrected chi connectivity index (χ0v) is 17.3. The molecule has 0 atom stereocenters. The average molecular weight is 457 g/mol. The molecule has 2 N–H and O–H groups in total. The van der Waals surface area contributed by atoms with E-state index in [0.29, 0.717) is 5.69 Å². The summed E-state index contributed by atoms with van der Waals surface area (Å²) in [6.45, 7) is 1.39. The minimum atomic E-state index is -4.57. The summed E-state index contributed by atoms with van der Waals surface area (Å²) in [5.41, 5.74) is 0.419. The van der Waals surface area contributed by atoms with Gasteiger partial charge in [0.15, 0.2) is 6.61 Å². The van der Waals surface area contributed by atoms with Gasteiger partial charge in [0.25, 0.3) is 5.91 Å². The maximum Gasteiger partial charge on any atom is 0.416 e. The molecular weight excluding hydrogens is 437 g/mol. The number of amides is 2. The molecule has 0 spiro atoms. The molecule has 0 unspecified atom stereocenters. The van der Waals surface area contributed by atoms with Crippen LogP contribution in [0.15, 0.2) is 42.5 Å². The van der Waals surface area contributed by atoms with Crippen molar-refractivity contribution in [3.63, 3.8) is 0 Å². The number of aryl methyl sites for hydroxylation is 1. The first-order chi connectivity index (χ1) is 14.5. The number of benzene rings is 2. The van der Waals surface area contributed by atoms with Gasteiger partial charge in [-0.25, -0.2) is 0 Å². The van der Waals surface area contributed by atoms with Crippen molar-refractivity contribution in [2.75, 3.05) is 17.2 Å². The number of esters is 1. The molecule has 0 fully saturated rings. The lowest BCUT2D eigenvalue weighted by molar-refractivity contribution is -0.147. The maximum atomic E-state index is 12.8. The van der Waals surface area contributed by atoms with E-state index in [0.717, 1.165) is 23.8 Å². The molecule has 0 heterocycles. The zero-order chi connectivity index (χ0) is 23.0. The van der Waals surface area contributed by atoms with Crippen LogP contribution in [0.5, 0.6) is 0 Å². The summed E-state index contributed by atoms with van der Waals surface area (Å²) in [7, 11) is 0. The Labute approximate surface area is 181 Å². The summed E-state index contributed by atoms with van der Waals surface area (Å²) in [6.07, 6.45) is -4.77. The predicted molar refractivity (Wildman–Crippen MR) is 110 cm³/mol. The number of anilines is 2. The molecular formula is C21H20ClF3N2O4. The number of rotatable bonds is 8. The van der Waals surface area contributed by atoms with E-state index in [9.17, 15) is 27.6 Å². The van der Waals surface area contributed by atoms with Crippen LogP contribution in [0.4, 0.5) is 24.5 Å².